The van der Waals surface area contributed by atoms with Crippen molar-refractivity contribution in [3.8, 4) is 0 Å². The molecule has 0 radical (unpaired) electrons. The van der Waals surface area contributed by atoms with E-state index >= 15 is 0 Å². The van der Waals surface area contributed by atoms with Crippen LogP contribution >= 0.6 is 24.0 Å². The first kappa shape index (κ1) is 17.7. The summed E-state index contributed by atoms with van der Waals surface area (Å²) in [5, 5.41) is 17.9. The summed E-state index contributed by atoms with van der Waals surface area (Å²) >= 11 is 6.02. The number of hydrogen-bond donors (Lipinski definition) is 4. The van der Waals surface area contributed by atoms with E-state index < -0.39 is 12.1 Å². The largest absolute Gasteiger partial charge is 0.392 e. The molecule has 0 saturated carbocycles. The van der Waals surface area contributed by atoms with Gasteiger partial charge in [0.05, 0.1) is 22.9 Å². The normalized spacial score (nSPS) is 20.5. The second-order valence-electron chi connectivity index (χ2n) is 4.72. The van der Waals surface area contributed by atoms with Crippen molar-refractivity contribution in [3.63, 3.8) is 0 Å². The molecule has 2 unspecified atom stereocenters. The van der Waals surface area contributed by atoms with E-state index in [1.165, 1.54) is 6.92 Å². The van der Waals surface area contributed by atoms with Crippen LogP contribution in [0.5, 0.6) is 0 Å². The molecule has 1 aliphatic rings. The monoisotopic (exact) mass is 333 g/mol. The highest BCUT2D eigenvalue weighted by molar-refractivity contribution is 6.34. The lowest BCUT2D eigenvalue weighted by molar-refractivity contribution is -0.118. The fourth-order valence-electron chi connectivity index (χ4n) is 2.03. The van der Waals surface area contributed by atoms with Gasteiger partial charge in [0.2, 0.25) is 11.8 Å². The zero-order valence-corrected chi connectivity index (χ0v) is 12.9. The van der Waals surface area contributed by atoms with E-state index in [-0.39, 0.29) is 24.2 Å². The SMILES string of the molecule is CC(=O)Nc1ccc(NC(=O)C2CC(O)CN2)cc1Cl.Cl. The van der Waals surface area contributed by atoms with E-state index in [0.29, 0.717) is 29.4 Å². The molecule has 21 heavy (non-hydrogen) atoms. The first-order valence-corrected chi connectivity index (χ1v) is 6.63. The number of amides is 2. The van der Waals surface area contributed by atoms with Gasteiger partial charge in [0.1, 0.15) is 0 Å². The molecule has 1 saturated heterocycles. The van der Waals surface area contributed by atoms with Crippen molar-refractivity contribution < 1.29 is 14.7 Å². The van der Waals surface area contributed by atoms with Crippen LogP contribution in [0.3, 0.4) is 0 Å². The number of aliphatic hydroxyl groups excluding tert-OH is 1. The number of carbonyl (C=O) groups excluding carboxylic acids is 2. The van der Waals surface area contributed by atoms with Gasteiger partial charge in [0, 0.05) is 19.2 Å². The molecule has 8 heteroatoms. The van der Waals surface area contributed by atoms with E-state index in [9.17, 15) is 14.7 Å². The highest BCUT2D eigenvalue weighted by atomic mass is 35.5. The van der Waals surface area contributed by atoms with Crippen molar-refractivity contribution in [2.45, 2.75) is 25.5 Å². The van der Waals surface area contributed by atoms with Crippen molar-refractivity contribution >= 4 is 47.2 Å². The van der Waals surface area contributed by atoms with Gasteiger partial charge in [0.25, 0.3) is 0 Å². The summed E-state index contributed by atoms with van der Waals surface area (Å²) in [6.45, 7) is 1.81. The quantitative estimate of drug-likeness (QED) is 0.672. The van der Waals surface area contributed by atoms with Crippen LogP contribution in [0.4, 0.5) is 11.4 Å². The molecule has 2 atom stereocenters. The number of nitrogens with one attached hydrogen (secondary N) is 3. The third-order valence-electron chi connectivity index (χ3n) is 2.97. The molecule has 4 N–H and O–H groups in total. The van der Waals surface area contributed by atoms with Crippen molar-refractivity contribution in [1.82, 2.24) is 5.32 Å². The van der Waals surface area contributed by atoms with Crippen LogP contribution in [-0.2, 0) is 9.59 Å². The molecule has 0 aromatic heterocycles. The zero-order chi connectivity index (χ0) is 14.7. The fourth-order valence-corrected chi connectivity index (χ4v) is 2.26. The maximum atomic E-state index is 11.9. The molecule has 1 aliphatic heterocycles. The standard InChI is InChI=1S/C13H16ClN3O3.ClH/c1-7(18)16-11-3-2-8(4-10(11)14)17-13(20)12-5-9(19)6-15-12;/h2-4,9,12,15,19H,5-6H2,1H3,(H,16,18)(H,17,20);1H. The Hall–Kier alpha value is -1.34. The minimum absolute atomic E-state index is 0. The molecule has 2 amide bonds. The summed E-state index contributed by atoms with van der Waals surface area (Å²) in [4.78, 5) is 22.9. The minimum atomic E-state index is -0.489. The molecule has 0 spiro atoms. The average Bonchev–Trinajstić information content (AvgIpc) is 2.79. The minimum Gasteiger partial charge on any atom is -0.392 e. The molecule has 0 aliphatic carbocycles. The van der Waals surface area contributed by atoms with E-state index in [1.54, 1.807) is 18.2 Å². The summed E-state index contributed by atoms with van der Waals surface area (Å²) in [5.41, 5.74) is 1.03. The number of halogens is 2. The van der Waals surface area contributed by atoms with Crippen LogP contribution in [0.2, 0.25) is 5.02 Å². The Bertz CT molecular complexity index is 539. The predicted molar refractivity (Wildman–Crippen MR) is 84.0 cm³/mol. The highest BCUT2D eigenvalue weighted by Gasteiger charge is 2.28. The second-order valence-corrected chi connectivity index (χ2v) is 5.12. The second kappa shape index (κ2) is 7.61. The van der Waals surface area contributed by atoms with Crippen molar-refractivity contribution in [2.24, 2.45) is 0 Å². The summed E-state index contributed by atoms with van der Waals surface area (Å²) in [7, 11) is 0. The Balaban J connectivity index is 0.00000220. The smallest absolute Gasteiger partial charge is 0.241 e. The van der Waals surface area contributed by atoms with Gasteiger partial charge in [-0.1, -0.05) is 11.6 Å². The average molecular weight is 334 g/mol. The van der Waals surface area contributed by atoms with Crippen molar-refractivity contribution in [1.29, 1.82) is 0 Å². The molecule has 6 nitrogen and oxygen atoms in total. The molecular formula is C13H17Cl2N3O3. The number of anilines is 2. The molecule has 116 valence electrons. The van der Waals surface area contributed by atoms with Crippen LogP contribution in [0.1, 0.15) is 13.3 Å². The predicted octanol–water partition coefficient (Wildman–Crippen LogP) is 1.38. The maximum Gasteiger partial charge on any atom is 0.241 e. The van der Waals surface area contributed by atoms with E-state index in [1.807, 2.05) is 0 Å². The zero-order valence-electron chi connectivity index (χ0n) is 11.4. The summed E-state index contributed by atoms with van der Waals surface area (Å²) < 4.78 is 0. The van der Waals surface area contributed by atoms with Gasteiger partial charge in [-0.05, 0) is 24.6 Å². The summed E-state index contributed by atoms with van der Waals surface area (Å²) in [6, 6.07) is 4.44. The topological polar surface area (TPSA) is 90.5 Å². The van der Waals surface area contributed by atoms with Gasteiger partial charge in [-0.2, -0.15) is 0 Å². The number of β-amino-alcohol motifs (C(OH)–C–C–N with tert-alkyl or cyclic N) is 1. The Kier molecular flexibility index (Phi) is 6.42. The van der Waals surface area contributed by atoms with Gasteiger partial charge in [-0.3, -0.25) is 9.59 Å². The first-order valence-electron chi connectivity index (χ1n) is 6.25. The van der Waals surface area contributed by atoms with Crippen LogP contribution in [-0.4, -0.2) is 35.6 Å². The van der Waals surface area contributed by atoms with Crippen LogP contribution in [0.25, 0.3) is 0 Å². The van der Waals surface area contributed by atoms with Crippen molar-refractivity contribution in [2.75, 3.05) is 17.2 Å². The summed E-state index contributed by atoms with van der Waals surface area (Å²) in [5.74, 6) is -0.433. The maximum absolute atomic E-state index is 11.9. The molecule has 1 aromatic rings. The van der Waals surface area contributed by atoms with E-state index in [2.05, 4.69) is 16.0 Å². The van der Waals surface area contributed by atoms with Gasteiger partial charge in [0.15, 0.2) is 0 Å². The lowest BCUT2D eigenvalue weighted by Gasteiger charge is -2.12. The number of carbonyl (C=O) groups is 2. The third kappa shape index (κ3) is 4.86. The van der Waals surface area contributed by atoms with E-state index in [0.717, 1.165) is 0 Å². The molecule has 0 bridgehead atoms. The van der Waals surface area contributed by atoms with Gasteiger partial charge in [-0.15, -0.1) is 12.4 Å². The molecule has 2 rings (SSSR count). The fraction of sp³-hybridized carbons (Fsp3) is 0.385. The molecular weight excluding hydrogens is 317 g/mol. The molecule has 1 fully saturated rings. The third-order valence-corrected chi connectivity index (χ3v) is 3.28. The Morgan fingerprint density at radius 3 is 2.62 bits per heavy atom. The lowest BCUT2D eigenvalue weighted by Crippen LogP contribution is -2.35. The first-order chi connectivity index (χ1) is 9.45. The summed E-state index contributed by atoms with van der Waals surface area (Å²) in [6.07, 6.45) is -0.0970. The number of rotatable bonds is 3. The Morgan fingerprint density at radius 1 is 1.38 bits per heavy atom. The lowest BCUT2D eigenvalue weighted by atomic mass is 10.2. The molecule has 1 aromatic carbocycles. The van der Waals surface area contributed by atoms with Crippen molar-refractivity contribution in [3.05, 3.63) is 23.2 Å². The number of aliphatic hydroxyl groups is 1. The van der Waals surface area contributed by atoms with Gasteiger partial charge < -0.3 is 21.1 Å². The van der Waals surface area contributed by atoms with E-state index in [4.69, 9.17) is 11.6 Å². The van der Waals surface area contributed by atoms with Crippen LogP contribution in [0, 0.1) is 0 Å². The molecule has 1 heterocycles. The highest BCUT2D eigenvalue weighted by Crippen LogP contribution is 2.25. The van der Waals surface area contributed by atoms with Gasteiger partial charge >= 0.3 is 0 Å². The van der Waals surface area contributed by atoms with Gasteiger partial charge in [-0.25, -0.2) is 0 Å². The van der Waals surface area contributed by atoms with Crippen LogP contribution < -0.4 is 16.0 Å². The van der Waals surface area contributed by atoms with Crippen LogP contribution in [0.15, 0.2) is 18.2 Å². The Morgan fingerprint density at radius 2 is 2.10 bits per heavy atom. The Labute approximate surface area is 133 Å². The number of hydrogen-bond acceptors (Lipinski definition) is 4. The number of benzene rings is 1.